The summed E-state index contributed by atoms with van der Waals surface area (Å²) < 4.78 is 56.7. The van der Waals surface area contributed by atoms with E-state index < -0.39 is 41.2 Å². The summed E-state index contributed by atoms with van der Waals surface area (Å²) in [5.41, 5.74) is -3.45. The molecule has 1 amide bonds. The lowest BCUT2D eigenvalue weighted by Crippen LogP contribution is -2.47. The molecule has 10 nitrogen and oxygen atoms in total. The summed E-state index contributed by atoms with van der Waals surface area (Å²) in [7, 11) is 3.02. The molecule has 0 bridgehead atoms. The van der Waals surface area contributed by atoms with Crippen molar-refractivity contribution in [3.8, 4) is 5.88 Å². The van der Waals surface area contributed by atoms with Crippen molar-refractivity contribution in [3.63, 3.8) is 0 Å². The van der Waals surface area contributed by atoms with Gasteiger partial charge in [0.05, 0.1) is 24.1 Å². The highest BCUT2D eigenvalue weighted by molar-refractivity contribution is 5.87. The first-order valence-corrected chi connectivity index (χ1v) is 13.1. The van der Waals surface area contributed by atoms with Crippen molar-refractivity contribution < 1.29 is 37.7 Å². The minimum Gasteiger partial charge on any atom is -0.481 e. The van der Waals surface area contributed by atoms with Crippen LogP contribution in [0.5, 0.6) is 5.88 Å². The number of hydrogen-bond acceptors (Lipinski definition) is 9. The number of carbonyl (C=O) groups is 1. The Morgan fingerprint density at radius 3 is 2.49 bits per heavy atom. The van der Waals surface area contributed by atoms with Gasteiger partial charge in [0.25, 0.3) is 0 Å². The first-order chi connectivity index (χ1) is 19.3. The molecule has 222 valence electrons. The summed E-state index contributed by atoms with van der Waals surface area (Å²) in [6.45, 7) is 3.55. The molecule has 3 heterocycles. The molecule has 0 spiro atoms. The van der Waals surface area contributed by atoms with Crippen LogP contribution in [0.2, 0.25) is 0 Å². The fourth-order valence-corrected chi connectivity index (χ4v) is 5.11. The zero-order valence-electron chi connectivity index (χ0n) is 23.5. The SMILES string of the molecule is COc1nc2ncnc(N[C@H](C)c3cccc(C(F)(F)C(C)(C)O)c3F)c2cc1C1(OC)CCN(C(=O)CO)CC1. The van der Waals surface area contributed by atoms with Gasteiger partial charge in [-0.2, -0.15) is 13.8 Å². The van der Waals surface area contributed by atoms with E-state index in [0.29, 0.717) is 36.9 Å². The lowest BCUT2D eigenvalue weighted by Gasteiger charge is -2.41. The van der Waals surface area contributed by atoms with Gasteiger partial charge in [-0.3, -0.25) is 4.79 Å². The maximum Gasteiger partial charge on any atom is 0.303 e. The van der Waals surface area contributed by atoms with Gasteiger partial charge < -0.3 is 29.9 Å². The summed E-state index contributed by atoms with van der Waals surface area (Å²) in [4.78, 5) is 26.7. The van der Waals surface area contributed by atoms with E-state index in [4.69, 9.17) is 9.47 Å². The van der Waals surface area contributed by atoms with Crippen LogP contribution >= 0.6 is 0 Å². The molecule has 41 heavy (non-hydrogen) atoms. The van der Waals surface area contributed by atoms with Gasteiger partial charge in [-0.15, -0.1) is 0 Å². The topological polar surface area (TPSA) is 130 Å². The number of ether oxygens (including phenoxy) is 2. The average Bonchev–Trinajstić information content (AvgIpc) is 2.95. The normalized spacial score (nSPS) is 16.5. The van der Waals surface area contributed by atoms with Gasteiger partial charge in [-0.05, 0) is 45.7 Å². The predicted octanol–water partition coefficient (Wildman–Crippen LogP) is 3.66. The Bertz CT molecular complexity index is 1420. The number of carbonyl (C=O) groups excluding carboxylic acids is 1. The maximum atomic E-state index is 15.4. The highest BCUT2D eigenvalue weighted by atomic mass is 19.3. The number of aliphatic hydroxyl groups excluding tert-OH is 1. The number of piperidine rings is 1. The molecule has 1 aliphatic rings. The highest BCUT2D eigenvalue weighted by Crippen LogP contribution is 2.43. The number of halogens is 3. The molecule has 2 aromatic heterocycles. The van der Waals surface area contributed by atoms with E-state index in [1.165, 1.54) is 25.6 Å². The van der Waals surface area contributed by atoms with Crippen LogP contribution in [0, 0.1) is 5.82 Å². The molecule has 1 aliphatic heterocycles. The van der Waals surface area contributed by atoms with Crippen LogP contribution in [0.1, 0.15) is 56.3 Å². The number of pyridine rings is 1. The molecule has 3 aromatic rings. The molecule has 0 saturated carbocycles. The number of likely N-dealkylation sites (tertiary alicyclic amines) is 1. The molecule has 4 rings (SSSR count). The predicted molar refractivity (Wildman–Crippen MR) is 144 cm³/mol. The Morgan fingerprint density at radius 2 is 1.90 bits per heavy atom. The average molecular weight is 578 g/mol. The summed E-state index contributed by atoms with van der Waals surface area (Å²) in [5.74, 6) is -4.80. The number of aliphatic hydroxyl groups is 2. The van der Waals surface area contributed by atoms with Gasteiger partial charge in [-0.25, -0.2) is 14.4 Å². The largest absolute Gasteiger partial charge is 0.481 e. The Labute approximate surface area is 235 Å². The molecular weight excluding hydrogens is 543 g/mol. The van der Waals surface area contributed by atoms with E-state index in [9.17, 15) is 23.8 Å². The lowest BCUT2D eigenvalue weighted by atomic mass is 9.84. The Kier molecular flexibility index (Phi) is 8.44. The van der Waals surface area contributed by atoms with Crippen molar-refractivity contribution in [2.45, 2.75) is 56.8 Å². The molecule has 13 heteroatoms. The first-order valence-electron chi connectivity index (χ1n) is 13.1. The molecule has 0 unspecified atom stereocenters. The number of rotatable bonds is 9. The number of nitrogens with zero attached hydrogens (tertiary/aromatic N) is 4. The van der Waals surface area contributed by atoms with Gasteiger partial charge in [0.2, 0.25) is 11.8 Å². The van der Waals surface area contributed by atoms with E-state index in [2.05, 4.69) is 20.3 Å². The van der Waals surface area contributed by atoms with Crippen LogP contribution in [-0.2, 0) is 21.1 Å². The monoisotopic (exact) mass is 577 g/mol. The number of alkyl halides is 2. The zero-order chi connectivity index (χ0) is 30.2. The van der Waals surface area contributed by atoms with E-state index >= 15 is 4.39 Å². The fourth-order valence-electron chi connectivity index (χ4n) is 5.11. The maximum absolute atomic E-state index is 15.4. The van der Waals surface area contributed by atoms with Gasteiger partial charge >= 0.3 is 5.92 Å². The summed E-state index contributed by atoms with van der Waals surface area (Å²) in [5, 5.41) is 22.8. The zero-order valence-corrected chi connectivity index (χ0v) is 23.5. The number of nitrogens with one attached hydrogen (secondary N) is 1. The van der Waals surface area contributed by atoms with Crippen molar-refractivity contribution in [2.24, 2.45) is 0 Å². The van der Waals surface area contributed by atoms with Crippen LogP contribution in [-0.4, -0.2) is 75.5 Å². The van der Waals surface area contributed by atoms with Crippen molar-refractivity contribution in [2.75, 3.05) is 39.2 Å². The van der Waals surface area contributed by atoms with Gasteiger partial charge in [0.15, 0.2) is 5.65 Å². The van der Waals surface area contributed by atoms with E-state index in [0.717, 1.165) is 19.9 Å². The van der Waals surface area contributed by atoms with E-state index in [-0.39, 0.29) is 28.8 Å². The molecule has 1 aromatic carbocycles. The molecular formula is C28H34F3N5O5. The van der Waals surface area contributed by atoms with Crippen molar-refractivity contribution >= 4 is 22.8 Å². The number of fused-ring (bicyclic) bond motifs is 1. The second kappa shape index (κ2) is 11.4. The smallest absolute Gasteiger partial charge is 0.303 e. The first kappa shape index (κ1) is 30.4. The van der Waals surface area contributed by atoms with Gasteiger partial charge in [0.1, 0.15) is 35.8 Å². The summed E-state index contributed by atoms with van der Waals surface area (Å²) >= 11 is 0. The summed E-state index contributed by atoms with van der Waals surface area (Å²) in [6, 6.07) is 4.59. The number of benzene rings is 1. The molecule has 1 atom stereocenters. The van der Waals surface area contributed by atoms with Crippen molar-refractivity contribution in [1.29, 1.82) is 0 Å². The number of aromatic nitrogens is 3. The Morgan fingerprint density at radius 1 is 1.22 bits per heavy atom. The molecule has 3 N–H and O–H groups in total. The number of hydrogen-bond donors (Lipinski definition) is 3. The van der Waals surface area contributed by atoms with Crippen molar-refractivity contribution in [1.82, 2.24) is 19.9 Å². The summed E-state index contributed by atoms with van der Waals surface area (Å²) in [6.07, 6.45) is 2.07. The quantitative estimate of drug-likeness (QED) is 0.349. The lowest BCUT2D eigenvalue weighted by molar-refractivity contribution is -0.170. The third kappa shape index (κ3) is 5.53. The van der Waals surface area contributed by atoms with Crippen LogP contribution in [0.4, 0.5) is 19.0 Å². The molecule has 1 saturated heterocycles. The van der Waals surface area contributed by atoms with Gasteiger partial charge in [0, 0.05) is 31.3 Å². The Balaban J connectivity index is 1.73. The van der Waals surface area contributed by atoms with Crippen molar-refractivity contribution in [3.05, 3.63) is 53.1 Å². The highest BCUT2D eigenvalue weighted by Gasteiger charge is 2.49. The molecule has 0 radical (unpaired) electrons. The van der Waals surface area contributed by atoms with Crippen LogP contribution < -0.4 is 10.1 Å². The second-order valence-corrected chi connectivity index (χ2v) is 10.6. The van der Waals surface area contributed by atoms with E-state index in [1.54, 1.807) is 25.0 Å². The molecule has 0 aliphatic carbocycles. The van der Waals surface area contributed by atoms with Crippen LogP contribution in [0.25, 0.3) is 11.0 Å². The van der Waals surface area contributed by atoms with Crippen LogP contribution in [0.15, 0.2) is 30.6 Å². The van der Waals surface area contributed by atoms with Gasteiger partial charge in [-0.1, -0.05) is 12.1 Å². The minimum atomic E-state index is -3.84. The Hall–Kier alpha value is -3.55. The number of methoxy groups -OCH3 is 2. The number of amides is 1. The second-order valence-electron chi connectivity index (χ2n) is 10.6. The standard InChI is InChI=1S/C28H34F3N5O5/c1-16(17-7-6-8-19(22(17)29)28(30,31)26(2,3)39)34-23-18-13-20(25(40-4)35-24(18)33-15-32-23)27(41-5)9-11-36(12-10-27)21(38)14-37/h6-8,13,15-16,37,39H,9-12,14H2,1-5H3,(H,32,33,34,35)/t16-/m1/s1. The molecule has 1 fully saturated rings. The third-order valence-electron chi connectivity index (χ3n) is 7.68. The minimum absolute atomic E-state index is 0.0471. The third-order valence-corrected chi connectivity index (χ3v) is 7.68. The van der Waals surface area contributed by atoms with Crippen LogP contribution in [0.3, 0.4) is 0 Å². The fraction of sp³-hybridized carbons (Fsp3) is 0.500. The van der Waals surface area contributed by atoms with E-state index in [1.807, 2.05) is 0 Å². The number of anilines is 1.